The summed E-state index contributed by atoms with van der Waals surface area (Å²) in [7, 11) is 3.81. The van der Waals surface area contributed by atoms with Crippen LogP contribution < -0.4 is 14.9 Å². The number of methoxy groups -OCH3 is 1. The van der Waals surface area contributed by atoms with Crippen LogP contribution in [0.1, 0.15) is 25.2 Å². The molecule has 3 heterocycles. The van der Waals surface area contributed by atoms with Gasteiger partial charge in [-0.2, -0.15) is 0 Å². The first kappa shape index (κ1) is 23.9. The fourth-order valence-corrected chi connectivity index (χ4v) is 5.37. The number of hydrogen-bond acceptors (Lipinski definition) is 7. The molecule has 186 valence electrons. The molecule has 0 atom stereocenters. The van der Waals surface area contributed by atoms with Crippen molar-refractivity contribution in [1.82, 2.24) is 14.7 Å². The van der Waals surface area contributed by atoms with Crippen LogP contribution in [0.3, 0.4) is 0 Å². The third-order valence-electron chi connectivity index (χ3n) is 7.43. The van der Waals surface area contributed by atoms with Crippen LogP contribution in [0.5, 0.6) is 11.5 Å². The highest BCUT2D eigenvalue weighted by atomic mass is 16.5. The smallest absolute Gasteiger partial charge is 0.200 e. The van der Waals surface area contributed by atoms with E-state index >= 15 is 0 Å². The van der Waals surface area contributed by atoms with E-state index in [1.807, 2.05) is 43.3 Å². The van der Waals surface area contributed by atoms with E-state index in [1.165, 1.54) is 0 Å². The van der Waals surface area contributed by atoms with E-state index in [9.17, 15) is 4.79 Å². The Kier molecular flexibility index (Phi) is 6.34. The van der Waals surface area contributed by atoms with Gasteiger partial charge in [0.25, 0.3) is 0 Å². The van der Waals surface area contributed by atoms with Crippen LogP contribution in [0.15, 0.2) is 45.6 Å². The van der Waals surface area contributed by atoms with Crippen molar-refractivity contribution in [3.8, 4) is 22.6 Å². The van der Waals surface area contributed by atoms with Crippen LogP contribution in [-0.2, 0) is 6.54 Å². The van der Waals surface area contributed by atoms with Crippen molar-refractivity contribution in [1.29, 1.82) is 0 Å². The lowest BCUT2D eigenvalue weighted by Crippen LogP contribution is -2.58. The molecule has 0 aliphatic carbocycles. The molecule has 5 rings (SSSR count). The van der Waals surface area contributed by atoms with Crippen molar-refractivity contribution in [3.63, 3.8) is 0 Å². The standard InChI is InChI=1S/C28H35N3O4/c1-19-25(20-6-8-21(33-5)9-7-20)26(32)22-10-11-24-23(27(22)35-19)16-30(18-34-24)17-28(2,3)31-14-12-29(4)13-15-31/h6-11H,12-18H2,1-5H3. The summed E-state index contributed by atoms with van der Waals surface area (Å²) < 4.78 is 17.7. The average Bonchev–Trinajstić information content (AvgIpc) is 2.84. The molecule has 0 spiro atoms. The molecule has 2 aromatic carbocycles. The second-order valence-electron chi connectivity index (χ2n) is 10.4. The Bertz CT molecular complexity index is 1270. The number of aryl methyl sites for hydroxylation is 1. The topological polar surface area (TPSA) is 58.4 Å². The number of ether oxygens (including phenoxy) is 2. The molecule has 1 aromatic heterocycles. The van der Waals surface area contributed by atoms with Crippen LogP contribution in [0.25, 0.3) is 22.1 Å². The second kappa shape index (κ2) is 9.30. The Labute approximate surface area is 206 Å². The van der Waals surface area contributed by atoms with Gasteiger partial charge in [-0.15, -0.1) is 0 Å². The molecule has 0 bridgehead atoms. The van der Waals surface area contributed by atoms with E-state index in [0.717, 1.165) is 55.3 Å². The largest absolute Gasteiger partial charge is 0.497 e. The number of rotatable bonds is 5. The third kappa shape index (κ3) is 4.56. The number of piperazine rings is 1. The molecule has 3 aromatic rings. The van der Waals surface area contributed by atoms with Gasteiger partial charge in [-0.3, -0.25) is 14.6 Å². The molecule has 7 nitrogen and oxygen atoms in total. The van der Waals surface area contributed by atoms with Gasteiger partial charge in [-0.25, -0.2) is 0 Å². The summed E-state index contributed by atoms with van der Waals surface area (Å²) in [6.45, 7) is 12.9. The van der Waals surface area contributed by atoms with Gasteiger partial charge in [0, 0.05) is 44.8 Å². The van der Waals surface area contributed by atoms with Gasteiger partial charge in [0.05, 0.1) is 23.6 Å². The van der Waals surface area contributed by atoms with E-state index < -0.39 is 0 Å². The van der Waals surface area contributed by atoms with Gasteiger partial charge in [0.1, 0.15) is 29.6 Å². The lowest BCUT2D eigenvalue weighted by molar-refractivity contribution is 0.00516. The first-order valence-electron chi connectivity index (χ1n) is 12.3. The highest BCUT2D eigenvalue weighted by Crippen LogP contribution is 2.35. The van der Waals surface area contributed by atoms with Gasteiger partial charge in [0.2, 0.25) is 5.43 Å². The maximum absolute atomic E-state index is 13.6. The molecule has 2 aliphatic rings. The first-order chi connectivity index (χ1) is 16.8. The molecular weight excluding hydrogens is 442 g/mol. The molecule has 1 fully saturated rings. The molecule has 1 saturated heterocycles. The zero-order valence-electron chi connectivity index (χ0n) is 21.4. The highest BCUT2D eigenvalue weighted by molar-refractivity contribution is 5.86. The molecule has 7 heteroatoms. The summed E-state index contributed by atoms with van der Waals surface area (Å²) in [4.78, 5) is 20.8. The zero-order valence-corrected chi connectivity index (χ0v) is 21.4. The van der Waals surface area contributed by atoms with Crippen LogP contribution in [-0.4, -0.2) is 73.9 Å². The molecule has 0 amide bonds. The minimum absolute atomic E-state index is 0.0188. The normalized spacial score (nSPS) is 17.9. The summed E-state index contributed by atoms with van der Waals surface area (Å²) in [6.07, 6.45) is 0. The summed E-state index contributed by atoms with van der Waals surface area (Å²) in [6, 6.07) is 11.3. The monoisotopic (exact) mass is 477 g/mol. The van der Waals surface area contributed by atoms with E-state index in [1.54, 1.807) is 7.11 Å². The molecular formula is C28H35N3O4. The van der Waals surface area contributed by atoms with Crippen LogP contribution in [0.2, 0.25) is 0 Å². The number of likely N-dealkylation sites (N-methyl/N-ethyl adjacent to an activating group) is 1. The van der Waals surface area contributed by atoms with Crippen LogP contribution in [0, 0.1) is 6.92 Å². The lowest BCUT2D eigenvalue weighted by atomic mass is 9.98. The second-order valence-corrected chi connectivity index (χ2v) is 10.4. The minimum Gasteiger partial charge on any atom is -0.497 e. The Hall–Kier alpha value is -2.87. The average molecular weight is 478 g/mol. The maximum Gasteiger partial charge on any atom is 0.200 e. The van der Waals surface area contributed by atoms with Gasteiger partial charge in [-0.1, -0.05) is 12.1 Å². The molecule has 35 heavy (non-hydrogen) atoms. The van der Waals surface area contributed by atoms with Gasteiger partial charge >= 0.3 is 0 Å². The van der Waals surface area contributed by atoms with Crippen molar-refractivity contribution in [2.24, 2.45) is 0 Å². The van der Waals surface area contributed by atoms with E-state index in [4.69, 9.17) is 13.9 Å². The van der Waals surface area contributed by atoms with Crippen molar-refractivity contribution in [2.45, 2.75) is 32.9 Å². The van der Waals surface area contributed by atoms with Gasteiger partial charge in [-0.05, 0) is 57.6 Å². The van der Waals surface area contributed by atoms with Crippen molar-refractivity contribution in [3.05, 3.63) is 57.9 Å². The van der Waals surface area contributed by atoms with Gasteiger partial charge < -0.3 is 18.8 Å². The Morgan fingerprint density at radius 3 is 2.43 bits per heavy atom. The summed E-state index contributed by atoms with van der Waals surface area (Å²) in [5.74, 6) is 2.16. The predicted octanol–water partition coefficient (Wildman–Crippen LogP) is 3.95. The van der Waals surface area contributed by atoms with E-state index in [2.05, 4.69) is 35.6 Å². The third-order valence-corrected chi connectivity index (χ3v) is 7.43. The van der Waals surface area contributed by atoms with Crippen molar-refractivity contribution in [2.75, 3.05) is 53.6 Å². The van der Waals surface area contributed by atoms with Crippen LogP contribution >= 0.6 is 0 Å². The molecule has 0 saturated carbocycles. The predicted molar refractivity (Wildman–Crippen MR) is 138 cm³/mol. The first-order valence-corrected chi connectivity index (χ1v) is 12.3. The van der Waals surface area contributed by atoms with Gasteiger partial charge in [0.15, 0.2) is 0 Å². The Balaban J connectivity index is 1.45. The number of benzene rings is 2. The van der Waals surface area contributed by atoms with E-state index in [0.29, 0.717) is 35.6 Å². The van der Waals surface area contributed by atoms with Crippen molar-refractivity contribution >= 4 is 11.0 Å². The highest BCUT2D eigenvalue weighted by Gasteiger charge is 2.33. The quantitative estimate of drug-likeness (QED) is 0.551. The SMILES string of the molecule is COc1ccc(-c2c(C)oc3c4c(ccc3c2=O)OCN(CC(C)(C)N2CCN(C)CC2)C4)cc1. The van der Waals surface area contributed by atoms with Crippen LogP contribution in [0.4, 0.5) is 0 Å². The fourth-order valence-electron chi connectivity index (χ4n) is 5.37. The lowest BCUT2D eigenvalue weighted by Gasteiger charge is -2.46. The Morgan fingerprint density at radius 2 is 1.74 bits per heavy atom. The number of hydrogen-bond donors (Lipinski definition) is 0. The molecule has 0 N–H and O–H groups in total. The summed E-state index contributed by atoms with van der Waals surface area (Å²) in [5, 5.41) is 0.587. The minimum atomic E-state index is -0.0217. The van der Waals surface area contributed by atoms with Crippen molar-refractivity contribution < 1.29 is 13.9 Å². The summed E-state index contributed by atoms with van der Waals surface area (Å²) in [5.41, 5.74) is 2.99. The van der Waals surface area contributed by atoms with E-state index in [-0.39, 0.29) is 11.0 Å². The number of fused-ring (bicyclic) bond motifs is 3. The maximum atomic E-state index is 13.6. The fraction of sp³-hybridized carbons (Fsp3) is 0.464. The zero-order chi connectivity index (χ0) is 24.7. The molecule has 0 radical (unpaired) electrons. The molecule has 2 aliphatic heterocycles. The molecule has 0 unspecified atom stereocenters. The Morgan fingerprint density at radius 1 is 1.03 bits per heavy atom. The number of nitrogens with zero attached hydrogens (tertiary/aromatic N) is 3. The summed E-state index contributed by atoms with van der Waals surface area (Å²) >= 11 is 0.